The molecule has 8 heteroatoms. The molecule has 3 aliphatic rings. The SMILES string of the molecule is CC1(O)CC(c2ccc(-c3nc4c(cnc5cc(C6CC6)nn54)cc3-c3ccccc3)cc2)(N2C(=O)c3ccccc3C2=O)C1. The lowest BCUT2D eigenvalue weighted by Crippen LogP contribution is -2.63. The average molecular weight is 592 g/mol. The highest BCUT2D eigenvalue weighted by molar-refractivity contribution is 6.22. The van der Waals surface area contributed by atoms with Crippen LogP contribution in [-0.4, -0.2) is 47.0 Å². The largest absolute Gasteiger partial charge is 0.390 e. The van der Waals surface area contributed by atoms with Gasteiger partial charge in [0.15, 0.2) is 11.3 Å². The quantitative estimate of drug-likeness (QED) is 0.229. The second-order valence-corrected chi connectivity index (χ2v) is 13.0. The van der Waals surface area contributed by atoms with E-state index in [1.54, 1.807) is 31.2 Å². The van der Waals surface area contributed by atoms with Crippen molar-refractivity contribution in [2.75, 3.05) is 0 Å². The van der Waals surface area contributed by atoms with E-state index >= 15 is 0 Å². The number of hydrogen-bond acceptors (Lipinski definition) is 6. The number of carbonyl (C=O) groups excluding carboxylic acids is 2. The summed E-state index contributed by atoms with van der Waals surface area (Å²) in [5, 5.41) is 16.7. The number of fused-ring (bicyclic) bond motifs is 4. The molecule has 0 radical (unpaired) electrons. The summed E-state index contributed by atoms with van der Waals surface area (Å²) in [4.78, 5) is 38.5. The summed E-state index contributed by atoms with van der Waals surface area (Å²) in [7, 11) is 0. The van der Waals surface area contributed by atoms with E-state index in [0.29, 0.717) is 17.0 Å². The fourth-order valence-corrected chi connectivity index (χ4v) is 7.41. The number of aliphatic hydroxyl groups is 1. The minimum atomic E-state index is -0.989. The third-order valence-electron chi connectivity index (χ3n) is 9.62. The summed E-state index contributed by atoms with van der Waals surface area (Å²) in [5.41, 5.74) is 5.95. The van der Waals surface area contributed by atoms with Crippen LogP contribution < -0.4 is 0 Å². The Balaban J connectivity index is 1.18. The second-order valence-electron chi connectivity index (χ2n) is 13.0. The molecule has 2 aliphatic carbocycles. The van der Waals surface area contributed by atoms with Crippen molar-refractivity contribution in [2.24, 2.45) is 0 Å². The first kappa shape index (κ1) is 26.2. The molecule has 9 rings (SSSR count). The van der Waals surface area contributed by atoms with Gasteiger partial charge < -0.3 is 5.11 Å². The average Bonchev–Trinajstić information content (AvgIpc) is 3.75. The summed E-state index contributed by atoms with van der Waals surface area (Å²) >= 11 is 0. The number of rotatable bonds is 5. The molecule has 2 fully saturated rings. The minimum Gasteiger partial charge on any atom is -0.390 e. The predicted molar refractivity (Wildman–Crippen MR) is 170 cm³/mol. The van der Waals surface area contributed by atoms with Crippen molar-refractivity contribution in [3.05, 3.63) is 120 Å². The first-order chi connectivity index (χ1) is 21.8. The lowest BCUT2D eigenvalue weighted by Gasteiger charge is -2.55. The Hall–Kier alpha value is -5.21. The van der Waals surface area contributed by atoms with Crippen LogP contribution in [0.15, 0.2) is 97.2 Å². The van der Waals surface area contributed by atoms with E-state index in [-0.39, 0.29) is 24.7 Å². The van der Waals surface area contributed by atoms with Crippen LogP contribution in [0.1, 0.15) is 70.5 Å². The molecule has 1 N–H and O–H groups in total. The smallest absolute Gasteiger partial charge is 0.262 e. The van der Waals surface area contributed by atoms with Gasteiger partial charge in [0.25, 0.3) is 11.8 Å². The minimum absolute atomic E-state index is 0.266. The van der Waals surface area contributed by atoms with E-state index in [1.165, 1.54) is 4.90 Å². The number of aromatic nitrogens is 4. The maximum absolute atomic E-state index is 13.6. The summed E-state index contributed by atoms with van der Waals surface area (Å²) < 4.78 is 1.85. The standard InChI is InChI=1S/C37H29N5O3/c1-36(45)20-37(21-36,41-34(43)27-9-5-6-10-28(27)35(41)44)26-15-13-24(14-16-26)32-29(22-7-3-2-4-8-22)17-25-19-38-31-18-30(23-11-12-23)40-42(31)33(25)39-32/h2-10,13-19,23,45H,11-12,20-21H2,1H3. The molecular weight excluding hydrogens is 562 g/mol. The third-order valence-corrected chi connectivity index (χ3v) is 9.62. The van der Waals surface area contributed by atoms with Gasteiger partial charge in [-0.2, -0.15) is 9.61 Å². The molecule has 2 amide bonds. The molecule has 3 aromatic heterocycles. The van der Waals surface area contributed by atoms with Gasteiger partial charge in [0.05, 0.1) is 33.7 Å². The van der Waals surface area contributed by atoms with Crippen LogP contribution in [0.2, 0.25) is 0 Å². The molecule has 6 aromatic rings. The van der Waals surface area contributed by atoms with Gasteiger partial charge in [-0.05, 0) is 49.1 Å². The summed E-state index contributed by atoms with van der Waals surface area (Å²) in [5.74, 6) is -0.139. The van der Waals surface area contributed by atoms with Gasteiger partial charge in [-0.15, -0.1) is 0 Å². The van der Waals surface area contributed by atoms with Gasteiger partial charge in [0.2, 0.25) is 0 Å². The van der Waals surface area contributed by atoms with Crippen molar-refractivity contribution in [1.82, 2.24) is 24.5 Å². The fraction of sp³-hybridized carbons (Fsp3) is 0.216. The molecule has 0 atom stereocenters. The van der Waals surface area contributed by atoms with Crippen LogP contribution in [-0.2, 0) is 5.54 Å². The van der Waals surface area contributed by atoms with Crippen LogP contribution >= 0.6 is 0 Å². The van der Waals surface area contributed by atoms with Crippen LogP contribution in [0, 0.1) is 0 Å². The topological polar surface area (TPSA) is 101 Å². The van der Waals surface area contributed by atoms with Gasteiger partial charge in [0.1, 0.15) is 0 Å². The monoisotopic (exact) mass is 591 g/mol. The zero-order chi connectivity index (χ0) is 30.5. The van der Waals surface area contributed by atoms with Crippen molar-refractivity contribution in [1.29, 1.82) is 0 Å². The van der Waals surface area contributed by atoms with Gasteiger partial charge in [-0.1, -0.05) is 66.7 Å². The Morgan fingerprint density at radius 2 is 1.47 bits per heavy atom. The summed E-state index contributed by atoms with van der Waals surface area (Å²) in [6, 6.07) is 29.2. The molecule has 8 nitrogen and oxygen atoms in total. The third kappa shape index (κ3) is 3.92. The summed E-state index contributed by atoms with van der Waals surface area (Å²) in [6.45, 7) is 1.75. The van der Waals surface area contributed by atoms with E-state index in [2.05, 4.69) is 29.2 Å². The van der Waals surface area contributed by atoms with Crippen LogP contribution in [0.4, 0.5) is 0 Å². The number of hydrogen-bond donors (Lipinski definition) is 1. The predicted octanol–water partition coefficient (Wildman–Crippen LogP) is 6.53. The number of carbonyl (C=O) groups is 2. The molecule has 0 saturated heterocycles. The molecular formula is C37H29N5O3. The first-order valence-electron chi connectivity index (χ1n) is 15.4. The van der Waals surface area contributed by atoms with Gasteiger partial charge in [0, 0.05) is 47.5 Å². The Morgan fingerprint density at radius 3 is 2.11 bits per heavy atom. The van der Waals surface area contributed by atoms with Crippen LogP contribution in [0.5, 0.6) is 0 Å². The molecule has 0 bridgehead atoms. The van der Waals surface area contributed by atoms with Gasteiger partial charge in [-0.25, -0.2) is 9.97 Å². The molecule has 0 unspecified atom stereocenters. The van der Waals surface area contributed by atoms with E-state index in [9.17, 15) is 14.7 Å². The molecule has 0 spiro atoms. The normalized spacial score (nSPS) is 22.7. The molecule has 3 aromatic carbocycles. The highest BCUT2D eigenvalue weighted by atomic mass is 16.3. The zero-order valence-electron chi connectivity index (χ0n) is 24.6. The van der Waals surface area contributed by atoms with Crippen molar-refractivity contribution >= 4 is 28.5 Å². The van der Waals surface area contributed by atoms with Crippen LogP contribution in [0.25, 0.3) is 39.1 Å². The van der Waals surface area contributed by atoms with E-state index in [0.717, 1.165) is 63.2 Å². The molecule has 220 valence electrons. The number of benzene rings is 3. The maximum Gasteiger partial charge on any atom is 0.262 e. The van der Waals surface area contributed by atoms with Gasteiger partial charge >= 0.3 is 0 Å². The Kier molecular flexibility index (Phi) is 5.33. The molecule has 1 aliphatic heterocycles. The Labute approximate surface area is 259 Å². The highest BCUT2D eigenvalue weighted by Crippen LogP contribution is 2.54. The Bertz CT molecular complexity index is 2160. The number of amides is 2. The lowest BCUT2D eigenvalue weighted by molar-refractivity contribution is -0.118. The van der Waals surface area contributed by atoms with Crippen molar-refractivity contribution < 1.29 is 14.7 Å². The molecule has 4 heterocycles. The lowest BCUT2D eigenvalue weighted by atomic mass is 9.61. The number of imide groups is 1. The first-order valence-corrected chi connectivity index (χ1v) is 15.4. The van der Waals surface area contributed by atoms with Gasteiger partial charge in [-0.3, -0.25) is 14.5 Å². The zero-order valence-corrected chi connectivity index (χ0v) is 24.6. The van der Waals surface area contributed by atoms with E-state index < -0.39 is 11.1 Å². The Morgan fingerprint density at radius 1 is 0.800 bits per heavy atom. The fourth-order valence-electron chi connectivity index (χ4n) is 7.41. The van der Waals surface area contributed by atoms with Crippen LogP contribution in [0.3, 0.4) is 0 Å². The van der Waals surface area contributed by atoms with Crippen molar-refractivity contribution in [2.45, 2.75) is 49.7 Å². The highest BCUT2D eigenvalue weighted by Gasteiger charge is 2.60. The second kappa shape index (κ2) is 9.15. The molecule has 45 heavy (non-hydrogen) atoms. The van der Waals surface area contributed by atoms with Crippen molar-refractivity contribution in [3.8, 4) is 22.4 Å². The van der Waals surface area contributed by atoms with E-state index in [1.807, 2.05) is 53.2 Å². The maximum atomic E-state index is 13.6. The molecule has 2 saturated carbocycles. The summed E-state index contributed by atoms with van der Waals surface area (Å²) in [6.07, 6.45) is 4.71. The van der Waals surface area contributed by atoms with E-state index in [4.69, 9.17) is 10.1 Å². The van der Waals surface area contributed by atoms with Crippen molar-refractivity contribution in [3.63, 3.8) is 0 Å². The number of nitrogens with zero attached hydrogens (tertiary/aromatic N) is 5. The number of pyridine rings is 1.